The van der Waals surface area contributed by atoms with Crippen molar-refractivity contribution in [2.24, 2.45) is 0 Å². The third-order valence-electron chi connectivity index (χ3n) is 5.55. The molecule has 0 aromatic heterocycles. The van der Waals surface area contributed by atoms with Crippen molar-refractivity contribution >= 4 is 15.7 Å². The minimum Gasteiger partial charge on any atom is -0.502 e. The van der Waals surface area contributed by atoms with E-state index in [4.69, 9.17) is 4.74 Å². The van der Waals surface area contributed by atoms with Crippen molar-refractivity contribution in [1.29, 1.82) is 0 Å². The van der Waals surface area contributed by atoms with Gasteiger partial charge in [-0.25, -0.2) is 12.8 Å². The first-order chi connectivity index (χ1) is 15.7. The predicted octanol–water partition coefficient (Wildman–Crippen LogP) is 4.47. The Balaban J connectivity index is 1.84. The maximum Gasteiger partial charge on any atom is 0.290 e. The molecule has 1 aliphatic rings. The van der Waals surface area contributed by atoms with E-state index in [9.17, 15) is 22.7 Å². The average molecular weight is 468 g/mol. The zero-order chi connectivity index (χ0) is 23.8. The number of carbonyl (C=O) groups excluding carboxylic acids is 1. The molecule has 1 aliphatic heterocycles. The Morgan fingerprint density at radius 2 is 1.70 bits per heavy atom. The number of rotatable bonds is 6. The molecule has 8 heteroatoms. The average Bonchev–Trinajstić information content (AvgIpc) is 3.05. The zero-order valence-electron chi connectivity index (χ0n) is 18.0. The van der Waals surface area contributed by atoms with Gasteiger partial charge in [0.05, 0.1) is 18.0 Å². The summed E-state index contributed by atoms with van der Waals surface area (Å²) in [4.78, 5) is 13.9. The number of hydrogen-bond acceptors (Lipinski definition) is 5. The highest BCUT2D eigenvalue weighted by atomic mass is 32.2. The number of sulfone groups is 1. The lowest BCUT2D eigenvalue weighted by Crippen LogP contribution is -2.30. The van der Waals surface area contributed by atoms with Gasteiger partial charge in [-0.2, -0.15) is 0 Å². The summed E-state index contributed by atoms with van der Waals surface area (Å²) in [5.74, 6) is -1.59. The van der Waals surface area contributed by atoms with Crippen molar-refractivity contribution < 1.29 is 27.4 Å². The summed E-state index contributed by atoms with van der Waals surface area (Å²) in [5.41, 5.74) is 1.91. The van der Waals surface area contributed by atoms with Gasteiger partial charge in [-0.05, 0) is 54.4 Å². The van der Waals surface area contributed by atoms with Crippen molar-refractivity contribution in [1.82, 2.24) is 4.90 Å². The van der Waals surface area contributed by atoms with Gasteiger partial charge in [-0.1, -0.05) is 42.0 Å². The molecular weight excluding hydrogens is 445 g/mol. The number of aryl methyl sites for hydroxylation is 1. The van der Waals surface area contributed by atoms with Gasteiger partial charge < -0.3 is 14.7 Å². The molecule has 170 valence electrons. The van der Waals surface area contributed by atoms with E-state index in [2.05, 4.69) is 0 Å². The van der Waals surface area contributed by atoms with Crippen molar-refractivity contribution in [2.45, 2.75) is 24.4 Å². The van der Waals surface area contributed by atoms with Crippen LogP contribution < -0.4 is 4.74 Å². The van der Waals surface area contributed by atoms with Gasteiger partial charge in [-0.3, -0.25) is 4.79 Å². The van der Waals surface area contributed by atoms with Crippen molar-refractivity contribution in [3.05, 3.63) is 106 Å². The van der Waals surface area contributed by atoms with Crippen LogP contribution >= 0.6 is 0 Å². The van der Waals surface area contributed by atoms with Gasteiger partial charge in [0.2, 0.25) is 9.84 Å². The number of methoxy groups -OCH3 is 1. The first-order valence-corrected chi connectivity index (χ1v) is 11.6. The predicted molar refractivity (Wildman–Crippen MR) is 121 cm³/mol. The molecule has 0 saturated carbocycles. The number of halogens is 1. The number of benzene rings is 3. The van der Waals surface area contributed by atoms with Gasteiger partial charge in [0.25, 0.3) is 5.91 Å². The number of carbonyl (C=O) groups is 1. The number of hydrogen-bond donors (Lipinski definition) is 1. The molecule has 1 amide bonds. The monoisotopic (exact) mass is 467 g/mol. The SMILES string of the molecule is COc1cccc(CN2C(=O)C(O)=C(S(=O)(=O)c3ccc(C)cc3)C2c2ccc(F)cc2)c1. The van der Waals surface area contributed by atoms with Crippen molar-refractivity contribution in [3.63, 3.8) is 0 Å². The molecule has 1 heterocycles. The molecule has 33 heavy (non-hydrogen) atoms. The second-order valence-corrected chi connectivity index (χ2v) is 9.69. The van der Waals surface area contributed by atoms with Crippen LogP contribution in [-0.2, 0) is 21.2 Å². The summed E-state index contributed by atoms with van der Waals surface area (Å²) >= 11 is 0. The molecular formula is C25H22FNO5S. The smallest absolute Gasteiger partial charge is 0.290 e. The summed E-state index contributed by atoms with van der Waals surface area (Å²) in [6, 6.07) is 17.2. The Morgan fingerprint density at radius 3 is 2.33 bits per heavy atom. The molecule has 0 saturated heterocycles. The van der Waals surface area contributed by atoms with Crippen LogP contribution in [0.25, 0.3) is 0 Å². The van der Waals surface area contributed by atoms with E-state index in [1.54, 1.807) is 36.4 Å². The molecule has 6 nitrogen and oxygen atoms in total. The zero-order valence-corrected chi connectivity index (χ0v) is 18.8. The highest BCUT2D eigenvalue weighted by Gasteiger charge is 2.46. The fourth-order valence-electron chi connectivity index (χ4n) is 3.86. The van der Waals surface area contributed by atoms with Gasteiger partial charge >= 0.3 is 0 Å². The minimum atomic E-state index is -4.23. The fourth-order valence-corrected chi connectivity index (χ4v) is 5.50. The van der Waals surface area contributed by atoms with E-state index in [1.807, 2.05) is 6.92 Å². The number of nitrogens with zero attached hydrogens (tertiary/aromatic N) is 1. The van der Waals surface area contributed by atoms with Crippen LogP contribution in [0.15, 0.2) is 88.4 Å². The van der Waals surface area contributed by atoms with E-state index < -0.39 is 38.3 Å². The maximum atomic E-state index is 13.6. The lowest BCUT2D eigenvalue weighted by molar-refractivity contribution is -0.130. The highest BCUT2D eigenvalue weighted by molar-refractivity contribution is 7.95. The van der Waals surface area contributed by atoms with Crippen LogP contribution in [-0.4, -0.2) is 31.4 Å². The molecule has 3 aromatic carbocycles. The summed E-state index contributed by atoms with van der Waals surface area (Å²) in [7, 11) is -2.72. The van der Waals surface area contributed by atoms with Gasteiger partial charge in [0.15, 0.2) is 5.76 Å². The maximum absolute atomic E-state index is 13.6. The molecule has 1 atom stereocenters. The number of aliphatic hydroxyl groups is 1. The number of ether oxygens (including phenoxy) is 1. The molecule has 4 rings (SSSR count). The summed E-state index contributed by atoms with van der Waals surface area (Å²) < 4.78 is 46.0. The Labute approximate surface area is 191 Å². The Kier molecular flexibility index (Phi) is 5.95. The topological polar surface area (TPSA) is 83.9 Å². The molecule has 3 aromatic rings. The quantitative estimate of drug-likeness (QED) is 0.578. The van der Waals surface area contributed by atoms with Gasteiger partial charge in [-0.15, -0.1) is 0 Å². The van der Waals surface area contributed by atoms with E-state index in [0.717, 1.165) is 5.56 Å². The largest absolute Gasteiger partial charge is 0.502 e. The molecule has 1 N–H and O–H groups in total. The van der Waals surface area contributed by atoms with E-state index >= 15 is 0 Å². The fraction of sp³-hybridized carbons (Fsp3) is 0.160. The van der Waals surface area contributed by atoms with E-state index in [1.165, 1.54) is 48.4 Å². The Morgan fingerprint density at radius 1 is 1.03 bits per heavy atom. The molecule has 0 radical (unpaired) electrons. The Bertz CT molecular complexity index is 1330. The molecule has 0 bridgehead atoms. The molecule has 1 unspecified atom stereocenters. The minimum absolute atomic E-state index is 0.00898. The molecule has 0 spiro atoms. The van der Waals surface area contributed by atoms with E-state index in [-0.39, 0.29) is 11.4 Å². The standard InChI is InChI=1S/C25H22FNO5S/c1-16-6-12-21(13-7-16)33(30,31)24-22(18-8-10-19(26)11-9-18)27(25(29)23(24)28)15-17-4-3-5-20(14-17)32-2/h3-14,22,28H,15H2,1-2H3. The van der Waals surface area contributed by atoms with Crippen LogP contribution in [0.5, 0.6) is 5.75 Å². The highest BCUT2D eigenvalue weighted by Crippen LogP contribution is 2.43. The first kappa shape index (κ1) is 22.5. The van der Waals surface area contributed by atoms with Crippen LogP contribution in [0, 0.1) is 12.7 Å². The third-order valence-corrected chi connectivity index (χ3v) is 7.44. The number of amides is 1. The normalized spacial score (nSPS) is 16.4. The van der Waals surface area contributed by atoms with Crippen LogP contribution in [0.2, 0.25) is 0 Å². The second kappa shape index (κ2) is 8.71. The summed E-state index contributed by atoms with van der Waals surface area (Å²) in [6.45, 7) is 1.83. The van der Waals surface area contributed by atoms with Gasteiger partial charge in [0.1, 0.15) is 16.5 Å². The summed E-state index contributed by atoms with van der Waals surface area (Å²) in [5, 5.41) is 10.8. The second-order valence-electron chi connectivity index (χ2n) is 7.77. The first-order valence-electron chi connectivity index (χ1n) is 10.2. The Hall–Kier alpha value is -3.65. The van der Waals surface area contributed by atoms with Crippen LogP contribution in [0.3, 0.4) is 0 Å². The van der Waals surface area contributed by atoms with Crippen LogP contribution in [0.1, 0.15) is 22.7 Å². The molecule has 0 fully saturated rings. The van der Waals surface area contributed by atoms with E-state index in [0.29, 0.717) is 16.9 Å². The molecule has 0 aliphatic carbocycles. The van der Waals surface area contributed by atoms with Crippen LogP contribution in [0.4, 0.5) is 4.39 Å². The van der Waals surface area contributed by atoms with Gasteiger partial charge in [0, 0.05) is 6.54 Å². The number of aliphatic hydroxyl groups excluding tert-OH is 1. The summed E-state index contributed by atoms with van der Waals surface area (Å²) in [6.07, 6.45) is 0. The lowest BCUT2D eigenvalue weighted by Gasteiger charge is -2.27. The van der Waals surface area contributed by atoms with Crippen molar-refractivity contribution in [2.75, 3.05) is 7.11 Å². The third kappa shape index (κ3) is 4.21. The van der Waals surface area contributed by atoms with Crippen molar-refractivity contribution in [3.8, 4) is 5.75 Å². The lowest BCUT2D eigenvalue weighted by atomic mass is 10.1.